The number of likely N-dealkylation sites (tertiary alicyclic amines) is 1. The Morgan fingerprint density at radius 2 is 1.70 bits per heavy atom. The quantitative estimate of drug-likeness (QED) is 0.302. The van der Waals surface area contributed by atoms with Gasteiger partial charge in [0.15, 0.2) is 0 Å². The van der Waals surface area contributed by atoms with Crippen LogP contribution in [0.3, 0.4) is 0 Å². The molecular formula is C18H20F6N2O4. The maximum atomic E-state index is 13.0. The van der Waals surface area contributed by atoms with Crippen molar-refractivity contribution in [2.45, 2.75) is 38.2 Å². The highest BCUT2D eigenvalue weighted by Gasteiger charge is 2.43. The highest BCUT2D eigenvalue weighted by atomic mass is 19.4. The number of piperidine rings is 1. The van der Waals surface area contributed by atoms with Gasteiger partial charge in [-0.1, -0.05) is 11.2 Å². The van der Waals surface area contributed by atoms with Crippen LogP contribution in [0.5, 0.6) is 0 Å². The fourth-order valence-corrected chi connectivity index (χ4v) is 2.91. The molecule has 1 N–H and O–H groups in total. The number of amides is 1. The predicted molar refractivity (Wildman–Crippen MR) is 93.2 cm³/mol. The number of rotatable bonds is 6. The van der Waals surface area contributed by atoms with Gasteiger partial charge in [-0.05, 0) is 37.5 Å². The number of carboxylic acid groups (broad SMARTS) is 1. The lowest BCUT2D eigenvalue weighted by Gasteiger charge is -2.29. The van der Waals surface area contributed by atoms with Crippen LogP contribution in [0.15, 0.2) is 23.4 Å². The average molecular weight is 442 g/mol. The fourth-order valence-electron chi connectivity index (χ4n) is 2.91. The highest BCUT2D eigenvalue weighted by Crippen LogP contribution is 2.40. The van der Waals surface area contributed by atoms with E-state index < -0.39 is 29.6 Å². The van der Waals surface area contributed by atoms with Crippen LogP contribution in [-0.4, -0.2) is 54.2 Å². The van der Waals surface area contributed by atoms with Crippen molar-refractivity contribution in [2.24, 2.45) is 5.16 Å². The van der Waals surface area contributed by atoms with Gasteiger partial charge < -0.3 is 19.6 Å². The van der Waals surface area contributed by atoms with Gasteiger partial charge in [-0.25, -0.2) is 4.79 Å². The average Bonchev–Trinajstić information content (AvgIpc) is 2.66. The number of hydrogen-bond donors (Lipinski definition) is 1. The first-order valence-corrected chi connectivity index (χ1v) is 8.94. The molecule has 0 atom stereocenters. The maximum Gasteiger partial charge on any atom is 0.417 e. The van der Waals surface area contributed by atoms with Crippen molar-refractivity contribution in [2.75, 3.05) is 26.3 Å². The first-order chi connectivity index (χ1) is 13.9. The molecule has 0 aliphatic carbocycles. The van der Waals surface area contributed by atoms with Gasteiger partial charge in [-0.2, -0.15) is 26.3 Å². The van der Waals surface area contributed by atoms with Crippen molar-refractivity contribution in [3.8, 4) is 0 Å². The van der Waals surface area contributed by atoms with Crippen LogP contribution >= 0.6 is 0 Å². The fraction of sp³-hybridized carbons (Fsp3) is 0.556. The van der Waals surface area contributed by atoms with E-state index in [1.54, 1.807) is 0 Å². The molecule has 1 fully saturated rings. The minimum atomic E-state index is -5.17. The van der Waals surface area contributed by atoms with Gasteiger partial charge in [0, 0.05) is 13.1 Å². The van der Waals surface area contributed by atoms with E-state index in [9.17, 15) is 31.1 Å². The Labute approximate surface area is 168 Å². The molecule has 2 rings (SSSR count). The Bertz CT molecular complexity index is 771. The molecule has 0 unspecified atom stereocenters. The van der Waals surface area contributed by atoms with Gasteiger partial charge in [-0.3, -0.25) is 0 Å². The smallest absolute Gasteiger partial charge is 0.417 e. The van der Waals surface area contributed by atoms with Gasteiger partial charge in [0.05, 0.1) is 29.5 Å². The molecule has 30 heavy (non-hydrogen) atoms. The van der Waals surface area contributed by atoms with Gasteiger partial charge in [0.2, 0.25) is 0 Å². The molecular weight excluding hydrogens is 422 g/mol. The summed E-state index contributed by atoms with van der Waals surface area (Å²) < 4.78 is 83.0. The maximum absolute atomic E-state index is 13.0. The summed E-state index contributed by atoms with van der Waals surface area (Å²) in [6.45, 7) is 2.12. The molecule has 1 aliphatic rings. The largest absolute Gasteiger partial charge is 0.465 e. The van der Waals surface area contributed by atoms with Crippen molar-refractivity contribution < 1.29 is 45.8 Å². The summed E-state index contributed by atoms with van der Waals surface area (Å²) in [5.41, 5.74) is -3.74. The minimum absolute atomic E-state index is 0.0241. The zero-order valence-corrected chi connectivity index (χ0v) is 15.9. The van der Waals surface area contributed by atoms with Crippen molar-refractivity contribution in [3.05, 3.63) is 34.9 Å². The molecule has 1 heterocycles. The number of halogens is 6. The Kier molecular flexibility index (Phi) is 7.56. The lowest BCUT2D eigenvalue weighted by Crippen LogP contribution is -2.40. The van der Waals surface area contributed by atoms with Crippen molar-refractivity contribution in [1.29, 1.82) is 0 Å². The molecule has 1 amide bonds. The second kappa shape index (κ2) is 9.54. The Balaban J connectivity index is 1.89. The van der Waals surface area contributed by atoms with E-state index in [2.05, 4.69) is 5.16 Å². The summed E-state index contributed by atoms with van der Waals surface area (Å²) in [5.74, 6) is 0. The normalized spacial score (nSPS) is 16.6. The Morgan fingerprint density at radius 3 is 2.23 bits per heavy atom. The van der Waals surface area contributed by atoms with Crippen LogP contribution in [0.25, 0.3) is 0 Å². The molecule has 168 valence electrons. The van der Waals surface area contributed by atoms with Crippen LogP contribution in [0.1, 0.15) is 36.5 Å². The van der Waals surface area contributed by atoms with Gasteiger partial charge in [0.1, 0.15) is 6.61 Å². The molecule has 0 bridgehead atoms. The molecule has 0 saturated carbocycles. The SMILES string of the molecule is CC(=NOCCOC1CCN(C(=O)O)CC1)c1ccc(C(F)(F)F)c(C(F)(F)F)c1. The number of ether oxygens (including phenoxy) is 1. The molecule has 6 nitrogen and oxygen atoms in total. The Hall–Kier alpha value is -2.50. The van der Waals surface area contributed by atoms with E-state index in [1.165, 1.54) is 11.8 Å². The second-order valence-electron chi connectivity index (χ2n) is 6.61. The number of benzene rings is 1. The summed E-state index contributed by atoms with van der Waals surface area (Å²) in [7, 11) is 0. The first-order valence-electron chi connectivity index (χ1n) is 8.94. The Morgan fingerprint density at radius 1 is 1.10 bits per heavy atom. The summed E-state index contributed by atoms with van der Waals surface area (Å²) in [6.07, 6.45) is -10.4. The number of oxime groups is 1. The summed E-state index contributed by atoms with van der Waals surface area (Å²) in [4.78, 5) is 17.1. The van der Waals surface area contributed by atoms with Crippen LogP contribution in [0, 0.1) is 0 Å². The standard InChI is InChI=1S/C18H20F6N2O4/c1-11(12-2-3-14(17(19,20)21)15(10-12)18(22,23)24)25-30-9-8-29-13-4-6-26(7-5-13)16(27)28/h2-3,10,13H,4-9H2,1H3,(H,27,28). The van der Waals surface area contributed by atoms with Crippen LogP contribution in [0.4, 0.5) is 31.1 Å². The van der Waals surface area contributed by atoms with E-state index in [0.717, 1.165) is 6.07 Å². The summed E-state index contributed by atoms with van der Waals surface area (Å²) in [5, 5.41) is 12.5. The van der Waals surface area contributed by atoms with Gasteiger partial charge >= 0.3 is 18.4 Å². The summed E-state index contributed by atoms with van der Waals surface area (Å²) in [6, 6.07) is 1.65. The minimum Gasteiger partial charge on any atom is -0.465 e. The number of nitrogens with zero attached hydrogens (tertiary/aromatic N) is 2. The second-order valence-corrected chi connectivity index (χ2v) is 6.61. The van der Waals surface area contributed by atoms with Crippen LogP contribution < -0.4 is 0 Å². The number of hydrogen-bond acceptors (Lipinski definition) is 4. The molecule has 0 spiro atoms. The molecule has 1 aromatic rings. The molecule has 1 aliphatic heterocycles. The lowest BCUT2D eigenvalue weighted by atomic mass is 10.0. The summed E-state index contributed by atoms with van der Waals surface area (Å²) >= 11 is 0. The zero-order chi connectivity index (χ0) is 22.5. The van der Waals surface area contributed by atoms with Gasteiger partial charge in [-0.15, -0.1) is 0 Å². The molecule has 1 aromatic carbocycles. The van der Waals surface area contributed by atoms with E-state index in [1.807, 2.05) is 0 Å². The zero-order valence-electron chi connectivity index (χ0n) is 15.9. The third-order valence-electron chi connectivity index (χ3n) is 4.49. The molecule has 12 heteroatoms. The molecule has 0 aromatic heterocycles. The van der Waals surface area contributed by atoms with Crippen molar-refractivity contribution >= 4 is 11.8 Å². The third-order valence-corrected chi connectivity index (χ3v) is 4.49. The number of carbonyl (C=O) groups is 1. The number of alkyl halides is 6. The van der Waals surface area contributed by atoms with E-state index in [0.29, 0.717) is 38.1 Å². The van der Waals surface area contributed by atoms with E-state index in [-0.39, 0.29) is 30.6 Å². The topological polar surface area (TPSA) is 71.4 Å². The predicted octanol–water partition coefficient (Wildman–Crippen LogP) is 4.62. The van der Waals surface area contributed by atoms with Gasteiger partial charge in [0.25, 0.3) is 0 Å². The molecule has 0 radical (unpaired) electrons. The lowest BCUT2D eigenvalue weighted by molar-refractivity contribution is -0.162. The molecule has 1 saturated heterocycles. The highest BCUT2D eigenvalue weighted by molar-refractivity contribution is 5.98. The van der Waals surface area contributed by atoms with E-state index >= 15 is 0 Å². The van der Waals surface area contributed by atoms with Crippen molar-refractivity contribution in [3.63, 3.8) is 0 Å². The monoisotopic (exact) mass is 442 g/mol. The van der Waals surface area contributed by atoms with Crippen molar-refractivity contribution in [1.82, 2.24) is 4.90 Å². The van der Waals surface area contributed by atoms with E-state index in [4.69, 9.17) is 14.7 Å². The van der Waals surface area contributed by atoms with Crippen LogP contribution in [-0.2, 0) is 21.9 Å². The third kappa shape index (κ3) is 6.51. The van der Waals surface area contributed by atoms with Crippen LogP contribution in [0.2, 0.25) is 0 Å². The first kappa shape index (κ1) is 23.8.